The zero-order valence-electron chi connectivity index (χ0n) is 10.1. The third-order valence-electron chi connectivity index (χ3n) is 3.54. The lowest BCUT2D eigenvalue weighted by Crippen LogP contribution is -2.37. The summed E-state index contributed by atoms with van der Waals surface area (Å²) in [4.78, 5) is 1.44. The second-order valence-corrected chi connectivity index (χ2v) is 4.97. The van der Waals surface area contributed by atoms with Crippen LogP contribution in [0.15, 0.2) is 0 Å². The van der Waals surface area contributed by atoms with Crippen molar-refractivity contribution in [3.05, 3.63) is 5.82 Å². The zero-order valence-corrected chi connectivity index (χ0v) is 10.1. The van der Waals surface area contributed by atoms with E-state index >= 15 is 0 Å². The van der Waals surface area contributed by atoms with Gasteiger partial charge in [0.25, 0.3) is 0 Å². The van der Waals surface area contributed by atoms with Gasteiger partial charge in [-0.2, -0.15) is 4.80 Å². The molecule has 1 aromatic rings. The van der Waals surface area contributed by atoms with Crippen LogP contribution in [0.3, 0.4) is 0 Å². The molecule has 1 fully saturated rings. The van der Waals surface area contributed by atoms with Crippen molar-refractivity contribution in [1.82, 2.24) is 20.2 Å². The Balaban J connectivity index is 2.01. The summed E-state index contributed by atoms with van der Waals surface area (Å²) in [5, 5.41) is 22.4. The van der Waals surface area contributed by atoms with E-state index in [2.05, 4.69) is 22.3 Å². The van der Waals surface area contributed by atoms with Crippen molar-refractivity contribution in [1.29, 1.82) is 0 Å². The van der Waals surface area contributed by atoms with E-state index in [1.165, 1.54) is 11.2 Å². The van der Waals surface area contributed by atoms with Gasteiger partial charge in [0.05, 0.1) is 12.6 Å². The summed E-state index contributed by atoms with van der Waals surface area (Å²) in [6.07, 6.45) is 5.78. The minimum absolute atomic E-state index is 0.539. The number of aromatic nitrogens is 4. The van der Waals surface area contributed by atoms with E-state index in [1.807, 2.05) is 0 Å². The molecular weight excluding hydrogens is 204 g/mol. The minimum atomic E-state index is -0.609. The molecular formula is C11H20N4O. The molecule has 5 nitrogen and oxygen atoms in total. The molecule has 0 amide bonds. The maximum atomic E-state index is 10.5. The molecule has 0 aromatic carbocycles. The van der Waals surface area contributed by atoms with Crippen LogP contribution in [-0.2, 0) is 13.5 Å². The lowest BCUT2D eigenvalue weighted by Gasteiger charge is -2.35. The summed E-state index contributed by atoms with van der Waals surface area (Å²) >= 11 is 0. The fraction of sp³-hybridized carbons (Fsp3) is 0.909. The largest absolute Gasteiger partial charge is 0.389 e. The maximum absolute atomic E-state index is 10.5. The van der Waals surface area contributed by atoms with Crippen LogP contribution in [0, 0.1) is 5.92 Å². The van der Waals surface area contributed by atoms with E-state index in [-0.39, 0.29) is 0 Å². The highest BCUT2D eigenvalue weighted by molar-refractivity contribution is 4.94. The second kappa shape index (κ2) is 4.49. The number of aryl methyl sites for hydroxylation is 1. The van der Waals surface area contributed by atoms with Crippen molar-refractivity contribution >= 4 is 0 Å². The molecule has 16 heavy (non-hydrogen) atoms. The van der Waals surface area contributed by atoms with Crippen LogP contribution in [0.1, 0.15) is 44.9 Å². The average molecular weight is 224 g/mol. The zero-order chi connectivity index (χ0) is 11.6. The Bertz CT molecular complexity index is 352. The summed E-state index contributed by atoms with van der Waals surface area (Å²) in [6.45, 7) is 2.19. The van der Waals surface area contributed by atoms with Gasteiger partial charge in [0.2, 0.25) is 0 Å². The third kappa shape index (κ3) is 2.58. The molecule has 1 aliphatic rings. The number of rotatable bonds is 3. The molecule has 1 N–H and O–H groups in total. The molecule has 1 aromatic heterocycles. The fourth-order valence-corrected chi connectivity index (χ4v) is 2.66. The van der Waals surface area contributed by atoms with Crippen LogP contribution in [0.5, 0.6) is 0 Å². The summed E-state index contributed by atoms with van der Waals surface area (Å²) < 4.78 is 0. The Kier molecular flexibility index (Phi) is 3.23. The van der Waals surface area contributed by atoms with E-state index in [1.54, 1.807) is 7.05 Å². The second-order valence-electron chi connectivity index (χ2n) is 4.97. The molecule has 2 unspecified atom stereocenters. The van der Waals surface area contributed by atoms with Crippen molar-refractivity contribution in [2.24, 2.45) is 13.0 Å². The monoisotopic (exact) mass is 224 g/mol. The van der Waals surface area contributed by atoms with E-state index in [9.17, 15) is 5.11 Å². The van der Waals surface area contributed by atoms with E-state index in [4.69, 9.17) is 0 Å². The third-order valence-corrected chi connectivity index (χ3v) is 3.54. The molecule has 1 heterocycles. The van der Waals surface area contributed by atoms with Gasteiger partial charge in [0.15, 0.2) is 5.82 Å². The standard InChI is InChI=1S/C11H20N4O/c1-3-9-5-4-6-11(16,7-9)8-10-12-14-15(2)13-10/h9,16H,3-8H2,1-2H3. The number of nitrogens with zero attached hydrogens (tertiary/aromatic N) is 4. The Hall–Kier alpha value is -0.970. The topological polar surface area (TPSA) is 63.8 Å². The van der Waals surface area contributed by atoms with Crippen LogP contribution in [-0.4, -0.2) is 30.9 Å². The van der Waals surface area contributed by atoms with E-state index in [0.29, 0.717) is 18.2 Å². The summed E-state index contributed by atoms with van der Waals surface area (Å²) in [5.74, 6) is 1.30. The smallest absolute Gasteiger partial charge is 0.177 e. The Morgan fingerprint density at radius 2 is 2.38 bits per heavy atom. The Morgan fingerprint density at radius 3 is 3.00 bits per heavy atom. The van der Waals surface area contributed by atoms with Crippen LogP contribution in [0.4, 0.5) is 0 Å². The molecule has 5 heteroatoms. The van der Waals surface area contributed by atoms with Crippen molar-refractivity contribution in [3.63, 3.8) is 0 Å². The van der Waals surface area contributed by atoms with Gasteiger partial charge in [0.1, 0.15) is 0 Å². The van der Waals surface area contributed by atoms with Crippen LogP contribution in [0.25, 0.3) is 0 Å². The van der Waals surface area contributed by atoms with Gasteiger partial charge in [-0.25, -0.2) is 0 Å². The molecule has 0 aliphatic heterocycles. The lowest BCUT2D eigenvalue weighted by atomic mass is 9.75. The first-order valence-electron chi connectivity index (χ1n) is 6.06. The van der Waals surface area contributed by atoms with Gasteiger partial charge < -0.3 is 5.11 Å². The lowest BCUT2D eigenvalue weighted by molar-refractivity contribution is -0.0177. The first-order chi connectivity index (χ1) is 7.61. The SMILES string of the molecule is CCC1CCCC(O)(Cc2nnn(C)n2)C1. The van der Waals surface area contributed by atoms with Crippen LogP contribution >= 0.6 is 0 Å². The van der Waals surface area contributed by atoms with Gasteiger partial charge in [-0.05, 0) is 24.0 Å². The van der Waals surface area contributed by atoms with E-state index in [0.717, 1.165) is 25.7 Å². The predicted molar refractivity (Wildman–Crippen MR) is 59.7 cm³/mol. The molecule has 0 saturated heterocycles. The first kappa shape index (κ1) is 11.5. The molecule has 0 radical (unpaired) electrons. The molecule has 2 atom stereocenters. The van der Waals surface area contributed by atoms with E-state index < -0.39 is 5.60 Å². The number of hydrogen-bond acceptors (Lipinski definition) is 4. The summed E-state index contributed by atoms with van der Waals surface area (Å²) in [5.41, 5.74) is -0.609. The van der Waals surface area contributed by atoms with Crippen molar-refractivity contribution in [3.8, 4) is 0 Å². The molecule has 1 aliphatic carbocycles. The number of hydrogen-bond donors (Lipinski definition) is 1. The number of tetrazole rings is 1. The normalized spacial score (nSPS) is 30.6. The van der Waals surface area contributed by atoms with Crippen molar-refractivity contribution in [2.45, 2.75) is 51.0 Å². The van der Waals surface area contributed by atoms with Gasteiger partial charge >= 0.3 is 0 Å². The highest BCUT2D eigenvalue weighted by atomic mass is 16.3. The predicted octanol–water partition coefficient (Wildman–Crippen LogP) is 1.08. The Morgan fingerprint density at radius 1 is 1.56 bits per heavy atom. The van der Waals surface area contributed by atoms with Crippen molar-refractivity contribution < 1.29 is 5.11 Å². The summed E-state index contributed by atoms with van der Waals surface area (Å²) in [6, 6.07) is 0. The molecule has 0 bridgehead atoms. The minimum Gasteiger partial charge on any atom is -0.389 e. The number of aliphatic hydroxyl groups is 1. The molecule has 90 valence electrons. The van der Waals surface area contributed by atoms with Crippen LogP contribution < -0.4 is 0 Å². The fourth-order valence-electron chi connectivity index (χ4n) is 2.66. The van der Waals surface area contributed by atoms with Gasteiger partial charge in [-0.3, -0.25) is 0 Å². The van der Waals surface area contributed by atoms with Gasteiger partial charge in [-0.15, -0.1) is 10.2 Å². The Labute approximate surface area is 95.9 Å². The highest BCUT2D eigenvalue weighted by Crippen LogP contribution is 2.35. The average Bonchev–Trinajstić information content (AvgIpc) is 2.63. The van der Waals surface area contributed by atoms with Gasteiger partial charge in [-0.1, -0.05) is 26.2 Å². The first-order valence-corrected chi connectivity index (χ1v) is 6.06. The molecule has 2 rings (SSSR count). The highest BCUT2D eigenvalue weighted by Gasteiger charge is 2.34. The quantitative estimate of drug-likeness (QED) is 0.834. The summed E-state index contributed by atoms with van der Waals surface area (Å²) in [7, 11) is 1.75. The maximum Gasteiger partial charge on any atom is 0.177 e. The van der Waals surface area contributed by atoms with Crippen LogP contribution in [0.2, 0.25) is 0 Å². The molecule has 1 saturated carbocycles. The molecule has 0 spiro atoms. The van der Waals surface area contributed by atoms with Gasteiger partial charge in [0, 0.05) is 6.42 Å². The van der Waals surface area contributed by atoms with Crippen molar-refractivity contribution in [2.75, 3.05) is 0 Å².